The second kappa shape index (κ2) is 4.28. The van der Waals surface area contributed by atoms with Crippen molar-refractivity contribution in [2.45, 2.75) is 0 Å². The number of amides is 1. The first-order chi connectivity index (χ1) is 9.20. The number of fused-ring (bicyclic) bond motifs is 1. The van der Waals surface area contributed by atoms with Crippen LogP contribution < -0.4 is 9.64 Å². The van der Waals surface area contributed by atoms with Gasteiger partial charge in [-0.3, -0.25) is 4.79 Å². The van der Waals surface area contributed by atoms with Gasteiger partial charge in [-0.05, 0) is 24.3 Å². The molecule has 5 heteroatoms. The van der Waals surface area contributed by atoms with Crippen molar-refractivity contribution < 1.29 is 9.53 Å². The number of imidazole rings is 1. The number of hydrogen-bond donors (Lipinski definition) is 1. The van der Waals surface area contributed by atoms with Gasteiger partial charge in [-0.1, -0.05) is 0 Å². The minimum absolute atomic E-state index is 0.0298. The monoisotopic (exact) mass is 255 g/mol. The van der Waals surface area contributed by atoms with Gasteiger partial charge in [0.15, 0.2) is 0 Å². The maximum atomic E-state index is 12.3. The van der Waals surface area contributed by atoms with Gasteiger partial charge in [0.1, 0.15) is 5.75 Å². The molecule has 3 rings (SSSR count). The van der Waals surface area contributed by atoms with E-state index in [1.165, 1.54) is 0 Å². The minimum Gasteiger partial charge on any atom is -0.497 e. The molecule has 0 unspecified atom stereocenters. The molecule has 0 saturated heterocycles. The van der Waals surface area contributed by atoms with Crippen LogP contribution in [0.2, 0.25) is 0 Å². The molecule has 1 amide bonds. The molecule has 0 saturated carbocycles. The average molecular weight is 255 g/mol. The van der Waals surface area contributed by atoms with Crippen LogP contribution in [0.15, 0.2) is 30.7 Å². The summed E-state index contributed by atoms with van der Waals surface area (Å²) in [6, 6.07) is 5.61. The topological polar surface area (TPSA) is 58.2 Å². The molecule has 5 nitrogen and oxygen atoms in total. The van der Waals surface area contributed by atoms with Crippen LogP contribution >= 0.6 is 0 Å². The number of carbonyl (C=O) groups is 1. The Kier molecular flexibility index (Phi) is 2.59. The molecule has 0 bridgehead atoms. The van der Waals surface area contributed by atoms with Gasteiger partial charge in [0.25, 0.3) is 5.91 Å². The quantitative estimate of drug-likeness (QED) is 0.834. The van der Waals surface area contributed by atoms with Crippen molar-refractivity contribution in [2.75, 3.05) is 19.1 Å². The number of likely N-dealkylation sites (N-methyl/N-ethyl adjacent to an activating group) is 1. The molecule has 0 aliphatic carbocycles. The molecule has 1 aliphatic rings. The minimum atomic E-state index is -0.0298. The van der Waals surface area contributed by atoms with Crippen molar-refractivity contribution in [3.8, 4) is 5.75 Å². The Balaban J connectivity index is 2.15. The maximum absolute atomic E-state index is 12.3. The first-order valence-corrected chi connectivity index (χ1v) is 5.87. The predicted molar refractivity (Wildman–Crippen MR) is 72.9 cm³/mol. The van der Waals surface area contributed by atoms with Crippen LogP contribution in [0, 0.1) is 0 Å². The fraction of sp³-hybridized carbons (Fsp3) is 0.143. The van der Waals surface area contributed by atoms with Gasteiger partial charge in [-0.15, -0.1) is 0 Å². The molecule has 0 spiro atoms. The van der Waals surface area contributed by atoms with E-state index in [0.717, 1.165) is 22.7 Å². The summed E-state index contributed by atoms with van der Waals surface area (Å²) >= 11 is 0. The summed E-state index contributed by atoms with van der Waals surface area (Å²) in [5.74, 6) is 0.704. The summed E-state index contributed by atoms with van der Waals surface area (Å²) in [6.45, 7) is 0. The van der Waals surface area contributed by atoms with Crippen LogP contribution in [0.5, 0.6) is 5.75 Å². The highest BCUT2D eigenvalue weighted by molar-refractivity contribution is 6.35. The number of ether oxygens (including phenoxy) is 1. The van der Waals surface area contributed by atoms with Gasteiger partial charge in [0, 0.05) is 12.6 Å². The highest BCUT2D eigenvalue weighted by Crippen LogP contribution is 2.38. The molecule has 2 heterocycles. The molecule has 0 radical (unpaired) electrons. The fourth-order valence-electron chi connectivity index (χ4n) is 2.20. The van der Waals surface area contributed by atoms with Crippen molar-refractivity contribution in [3.63, 3.8) is 0 Å². The Hall–Kier alpha value is -2.56. The van der Waals surface area contributed by atoms with Crippen LogP contribution in [0.3, 0.4) is 0 Å². The highest BCUT2D eigenvalue weighted by Gasteiger charge is 2.30. The Bertz CT molecular complexity index is 659. The van der Waals surface area contributed by atoms with E-state index in [0.29, 0.717) is 5.57 Å². The molecular formula is C14H13N3O2. The zero-order chi connectivity index (χ0) is 13.4. The standard InChI is InChI=1S/C14H13N3O2/c1-17-13-4-3-10(19-2)6-11(13)12(14(17)18)5-9-7-15-8-16-9/h3-8H,1-2H3,(H,15,16). The molecule has 1 N–H and O–H groups in total. The molecule has 0 atom stereocenters. The first-order valence-electron chi connectivity index (χ1n) is 5.87. The molecule has 2 aromatic rings. The van der Waals surface area contributed by atoms with Crippen molar-refractivity contribution >= 4 is 23.2 Å². The van der Waals surface area contributed by atoms with Crippen LogP contribution in [0.4, 0.5) is 5.69 Å². The normalized spacial score (nSPS) is 16.0. The number of aromatic amines is 1. The number of nitrogens with one attached hydrogen (secondary N) is 1. The second-order valence-electron chi connectivity index (χ2n) is 4.31. The zero-order valence-corrected chi connectivity index (χ0v) is 10.7. The second-order valence-corrected chi connectivity index (χ2v) is 4.31. The summed E-state index contributed by atoms with van der Waals surface area (Å²) in [5, 5.41) is 0. The van der Waals surface area contributed by atoms with E-state index in [1.807, 2.05) is 18.2 Å². The Morgan fingerprint density at radius 3 is 2.95 bits per heavy atom. The molecule has 1 aromatic heterocycles. The van der Waals surface area contributed by atoms with E-state index >= 15 is 0 Å². The van der Waals surface area contributed by atoms with Gasteiger partial charge < -0.3 is 14.6 Å². The summed E-state index contributed by atoms with van der Waals surface area (Å²) in [6.07, 6.45) is 5.07. The summed E-state index contributed by atoms with van der Waals surface area (Å²) in [5.41, 5.74) is 3.20. The molecule has 19 heavy (non-hydrogen) atoms. The van der Waals surface area contributed by atoms with Gasteiger partial charge in [0.05, 0.1) is 36.6 Å². The lowest BCUT2D eigenvalue weighted by Crippen LogP contribution is -2.20. The van der Waals surface area contributed by atoms with Crippen molar-refractivity contribution in [2.24, 2.45) is 0 Å². The van der Waals surface area contributed by atoms with E-state index in [2.05, 4.69) is 9.97 Å². The third kappa shape index (κ3) is 1.79. The summed E-state index contributed by atoms with van der Waals surface area (Å²) < 4.78 is 5.22. The Labute approximate surface area is 110 Å². The van der Waals surface area contributed by atoms with Crippen molar-refractivity contribution in [1.82, 2.24) is 9.97 Å². The van der Waals surface area contributed by atoms with E-state index in [9.17, 15) is 4.79 Å². The number of carbonyl (C=O) groups excluding carboxylic acids is 1. The molecule has 0 fully saturated rings. The van der Waals surface area contributed by atoms with Crippen LogP contribution in [-0.2, 0) is 4.79 Å². The number of H-pyrrole nitrogens is 1. The number of anilines is 1. The number of hydrogen-bond acceptors (Lipinski definition) is 3. The Morgan fingerprint density at radius 2 is 2.26 bits per heavy atom. The largest absolute Gasteiger partial charge is 0.497 e. The lowest BCUT2D eigenvalue weighted by Gasteiger charge is -2.09. The fourth-order valence-corrected chi connectivity index (χ4v) is 2.20. The van der Waals surface area contributed by atoms with Gasteiger partial charge in [-0.25, -0.2) is 4.98 Å². The Morgan fingerprint density at radius 1 is 1.42 bits per heavy atom. The number of aromatic nitrogens is 2. The average Bonchev–Trinajstić information content (AvgIpc) is 3.02. The van der Waals surface area contributed by atoms with Gasteiger partial charge in [0.2, 0.25) is 0 Å². The number of rotatable bonds is 2. The van der Waals surface area contributed by atoms with E-state index in [1.54, 1.807) is 37.7 Å². The van der Waals surface area contributed by atoms with Gasteiger partial charge >= 0.3 is 0 Å². The van der Waals surface area contributed by atoms with Crippen LogP contribution in [0.1, 0.15) is 11.3 Å². The third-order valence-corrected chi connectivity index (χ3v) is 3.21. The van der Waals surface area contributed by atoms with E-state index < -0.39 is 0 Å². The lowest BCUT2D eigenvalue weighted by molar-refractivity contribution is -0.112. The van der Waals surface area contributed by atoms with Crippen molar-refractivity contribution in [1.29, 1.82) is 0 Å². The maximum Gasteiger partial charge on any atom is 0.258 e. The molecule has 1 aromatic carbocycles. The SMILES string of the molecule is COc1ccc2c(c1)C(=Cc1cnc[nH]1)C(=O)N2C. The van der Waals surface area contributed by atoms with Crippen LogP contribution in [-0.4, -0.2) is 30.0 Å². The van der Waals surface area contributed by atoms with E-state index in [4.69, 9.17) is 4.74 Å². The molecular weight excluding hydrogens is 242 g/mol. The smallest absolute Gasteiger partial charge is 0.258 e. The molecule has 1 aliphatic heterocycles. The number of nitrogens with zero attached hydrogens (tertiary/aromatic N) is 2. The summed E-state index contributed by atoms with van der Waals surface area (Å²) in [7, 11) is 3.38. The number of methoxy groups -OCH3 is 1. The van der Waals surface area contributed by atoms with Crippen molar-refractivity contribution in [3.05, 3.63) is 42.0 Å². The summed E-state index contributed by atoms with van der Waals surface area (Å²) in [4.78, 5) is 20.8. The highest BCUT2D eigenvalue weighted by atomic mass is 16.5. The third-order valence-electron chi connectivity index (χ3n) is 3.21. The van der Waals surface area contributed by atoms with Crippen LogP contribution in [0.25, 0.3) is 11.6 Å². The zero-order valence-electron chi connectivity index (χ0n) is 10.7. The molecule has 96 valence electrons. The first kappa shape index (κ1) is 11.5. The lowest BCUT2D eigenvalue weighted by atomic mass is 10.1. The van der Waals surface area contributed by atoms with E-state index in [-0.39, 0.29) is 5.91 Å². The van der Waals surface area contributed by atoms with Gasteiger partial charge in [-0.2, -0.15) is 0 Å². The number of benzene rings is 1. The predicted octanol–water partition coefficient (Wildman–Crippen LogP) is 1.94.